The summed E-state index contributed by atoms with van der Waals surface area (Å²) in [5.41, 5.74) is 0.995. The molecule has 1 saturated carbocycles. The van der Waals surface area contributed by atoms with E-state index in [1.807, 2.05) is 11.8 Å². The molecule has 0 bridgehead atoms. The molecule has 0 amide bonds. The van der Waals surface area contributed by atoms with Gasteiger partial charge in [-0.05, 0) is 55.1 Å². The first kappa shape index (κ1) is 15.4. The fourth-order valence-corrected chi connectivity index (χ4v) is 4.97. The maximum absolute atomic E-state index is 10.6. The lowest BCUT2D eigenvalue weighted by Crippen LogP contribution is -2.47. The zero-order valence-electron chi connectivity index (χ0n) is 12.8. The van der Waals surface area contributed by atoms with Gasteiger partial charge in [0.2, 0.25) is 0 Å². The van der Waals surface area contributed by atoms with Gasteiger partial charge >= 0.3 is 0 Å². The summed E-state index contributed by atoms with van der Waals surface area (Å²) in [6, 6.07) is 11.4. The van der Waals surface area contributed by atoms with Gasteiger partial charge in [0.15, 0.2) is 0 Å². The number of rotatable bonds is 5. The number of hydrogen-bond donors (Lipinski definition) is 2. The van der Waals surface area contributed by atoms with Gasteiger partial charge in [0.25, 0.3) is 0 Å². The minimum absolute atomic E-state index is 0.453. The van der Waals surface area contributed by atoms with Crippen molar-refractivity contribution in [2.24, 2.45) is 5.92 Å². The molecule has 2 unspecified atom stereocenters. The number of thioether (sulfide) groups is 1. The molecule has 0 spiro atoms. The summed E-state index contributed by atoms with van der Waals surface area (Å²) in [5, 5.41) is 14.3. The van der Waals surface area contributed by atoms with Crippen LogP contribution in [0.3, 0.4) is 0 Å². The van der Waals surface area contributed by atoms with Crippen LogP contribution in [0.25, 0.3) is 0 Å². The summed E-state index contributed by atoms with van der Waals surface area (Å²) in [7, 11) is 0. The van der Waals surface area contributed by atoms with Gasteiger partial charge in [0, 0.05) is 12.6 Å². The molecule has 2 nitrogen and oxygen atoms in total. The third kappa shape index (κ3) is 4.24. The van der Waals surface area contributed by atoms with Crippen LogP contribution in [0.4, 0.5) is 0 Å². The molecule has 1 saturated heterocycles. The van der Waals surface area contributed by atoms with E-state index >= 15 is 0 Å². The van der Waals surface area contributed by atoms with Crippen molar-refractivity contribution in [3.05, 3.63) is 35.9 Å². The monoisotopic (exact) mass is 305 g/mol. The third-order valence-electron chi connectivity index (χ3n) is 5.12. The van der Waals surface area contributed by atoms with E-state index in [4.69, 9.17) is 0 Å². The Morgan fingerprint density at radius 3 is 2.67 bits per heavy atom. The van der Waals surface area contributed by atoms with Gasteiger partial charge in [0.1, 0.15) is 0 Å². The Hall–Kier alpha value is -0.510. The van der Waals surface area contributed by atoms with Crippen molar-refractivity contribution in [2.75, 3.05) is 18.1 Å². The summed E-state index contributed by atoms with van der Waals surface area (Å²) in [5.74, 6) is 2.95. The Labute approximate surface area is 132 Å². The highest BCUT2D eigenvalue weighted by Gasteiger charge is 2.33. The predicted molar refractivity (Wildman–Crippen MR) is 90.8 cm³/mol. The van der Waals surface area contributed by atoms with Gasteiger partial charge in [-0.15, -0.1) is 0 Å². The molecular formula is C18H27NOS. The molecule has 2 N–H and O–H groups in total. The van der Waals surface area contributed by atoms with Crippen molar-refractivity contribution in [3.8, 4) is 0 Å². The summed E-state index contributed by atoms with van der Waals surface area (Å²) < 4.78 is 0. The fourth-order valence-electron chi connectivity index (χ4n) is 3.72. The number of hydrogen-bond acceptors (Lipinski definition) is 3. The molecule has 1 aromatic rings. The van der Waals surface area contributed by atoms with E-state index in [1.54, 1.807) is 0 Å². The maximum atomic E-state index is 10.6. The molecule has 3 rings (SSSR count). The molecule has 3 heteroatoms. The summed E-state index contributed by atoms with van der Waals surface area (Å²) in [6.07, 6.45) is 6.97. The third-order valence-corrected chi connectivity index (χ3v) is 6.10. The molecule has 0 aromatic heterocycles. The number of nitrogens with one attached hydrogen (secondary N) is 1. The van der Waals surface area contributed by atoms with Crippen LogP contribution in [0.2, 0.25) is 0 Å². The van der Waals surface area contributed by atoms with Gasteiger partial charge in [-0.2, -0.15) is 11.8 Å². The Bertz CT molecular complexity index is 430. The quantitative estimate of drug-likeness (QED) is 0.876. The molecule has 0 radical (unpaired) electrons. The van der Waals surface area contributed by atoms with Crippen LogP contribution >= 0.6 is 11.8 Å². The highest BCUT2D eigenvalue weighted by atomic mass is 32.2. The Morgan fingerprint density at radius 2 is 1.90 bits per heavy atom. The summed E-state index contributed by atoms with van der Waals surface area (Å²) in [6.45, 7) is 0.781. The second-order valence-corrected chi connectivity index (χ2v) is 7.93. The van der Waals surface area contributed by atoms with E-state index in [0.29, 0.717) is 6.04 Å². The molecule has 1 aliphatic carbocycles. The molecule has 1 aromatic carbocycles. The van der Waals surface area contributed by atoms with Gasteiger partial charge in [-0.25, -0.2) is 0 Å². The second kappa shape index (κ2) is 7.17. The van der Waals surface area contributed by atoms with E-state index < -0.39 is 5.60 Å². The first-order valence-corrected chi connectivity index (χ1v) is 9.48. The summed E-state index contributed by atoms with van der Waals surface area (Å²) >= 11 is 1.97. The predicted octanol–water partition coefficient (Wildman–Crippen LogP) is 3.25. The average molecular weight is 305 g/mol. The van der Waals surface area contributed by atoms with E-state index in [2.05, 4.69) is 35.6 Å². The largest absolute Gasteiger partial charge is 0.389 e. The lowest BCUT2D eigenvalue weighted by atomic mass is 9.92. The summed E-state index contributed by atoms with van der Waals surface area (Å²) in [4.78, 5) is 0. The lowest BCUT2D eigenvalue weighted by molar-refractivity contribution is 0.0283. The standard InChI is InChI=1S/C18H27NOS/c20-18(9-11-21-12-10-18)14-19-17-8-4-7-16(17)13-15-5-2-1-3-6-15/h1-3,5-6,16-17,19-20H,4,7-14H2. The van der Waals surface area contributed by atoms with Crippen LogP contribution in [0.5, 0.6) is 0 Å². The van der Waals surface area contributed by atoms with E-state index in [1.165, 1.54) is 31.2 Å². The Balaban J connectivity index is 1.52. The van der Waals surface area contributed by atoms with Crippen LogP contribution in [-0.4, -0.2) is 34.8 Å². The Morgan fingerprint density at radius 1 is 1.14 bits per heavy atom. The normalized spacial score (nSPS) is 28.6. The van der Waals surface area contributed by atoms with Crippen LogP contribution in [0.15, 0.2) is 30.3 Å². The van der Waals surface area contributed by atoms with E-state index in [-0.39, 0.29) is 0 Å². The van der Waals surface area contributed by atoms with E-state index in [9.17, 15) is 5.11 Å². The number of benzene rings is 1. The zero-order valence-corrected chi connectivity index (χ0v) is 13.6. The second-order valence-electron chi connectivity index (χ2n) is 6.70. The van der Waals surface area contributed by atoms with Crippen LogP contribution < -0.4 is 5.32 Å². The van der Waals surface area contributed by atoms with Crippen LogP contribution in [0.1, 0.15) is 37.7 Å². The van der Waals surface area contributed by atoms with E-state index in [0.717, 1.165) is 36.8 Å². The van der Waals surface area contributed by atoms with Gasteiger partial charge in [-0.1, -0.05) is 36.8 Å². The van der Waals surface area contributed by atoms with Gasteiger partial charge in [-0.3, -0.25) is 0 Å². The highest BCUT2D eigenvalue weighted by molar-refractivity contribution is 7.99. The van der Waals surface area contributed by atoms with Crippen molar-refractivity contribution in [1.29, 1.82) is 0 Å². The molecule has 2 aliphatic rings. The highest BCUT2D eigenvalue weighted by Crippen LogP contribution is 2.31. The van der Waals surface area contributed by atoms with Crippen molar-refractivity contribution in [3.63, 3.8) is 0 Å². The van der Waals surface area contributed by atoms with Gasteiger partial charge in [0.05, 0.1) is 5.60 Å². The zero-order chi connectivity index (χ0) is 14.5. The molecule has 1 heterocycles. The van der Waals surface area contributed by atoms with Crippen LogP contribution in [0, 0.1) is 5.92 Å². The molecule has 2 fully saturated rings. The first-order valence-electron chi connectivity index (χ1n) is 8.33. The first-order chi connectivity index (χ1) is 10.3. The van der Waals surface area contributed by atoms with Crippen molar-refractivity contribution >= 4 is 11.8 Å². The molecular weight excluding hydrogens is 278 g/mol. The lowest BCUT2D eigenvalue weighted by Gasteiger charge is -2.34. The Kier molecular flexibility index (Phi) is 5.25. The van der Waals surface area contributed by atoms with Gasteiger partial charge < -0.3 is 10.4 Å². The minimum Gasteiger partial charge on any atom is -0.389 e. The topological polar surface area (TPSA) is 32.3 Å². The maximum Gasteiger partial charge on any atom is 0.0787 e. The van der Waals surface area contributed by atoms with Crippen molar-refractivity contribution < 1.29 is 5.11 Å². The van der Waals surface area contributed by atoms with Crippen molar-refractivity contribution in [1.82, 2.24) is 5.32 Å². The molecule has 2 atom stereocenters. The molecule has 21 heavy (non-hydrogen) atoms. The SMILES string of the molecule is OC1(CNC2CCCC2Cc2ccccc2)CCSCC1. The average Bonchev–Trinajstić information content (AvgIpc) is 2.94. The van der Waals surface area contributed by atoms with Crippen molar-refractivity contribution in [2.45, 2.75) is 50.2 Å². The smallest absolute Gasteiger partial charge is 0.0787 e. The molecule has 116 valence electrons. The molecule has 1 aliphatic heterocycles. The number of aliphatic hydroxyl groups is 1. The minimum atomic E-state index is -0.453. The van der Waals surface area contributed by atoms with Crippen LogP contribution in [-0.2, 0) is 6.42 Å². The fraction of sp³-hybridized carbons (Fsp3) is 0.667.